The highest BCUT2D eigenvalue weighted by Gasteiger charge is 2.26. The summed E-state index contributed by atoms with van der Waals surface area (Å²) in [6, 6.07) is 29.4. The number of halogens is 1. The summed E-state index contributed by atoms with van der Waals surface area (Å²) < 4.78 is 41.9. The van der Waals surface area contributed by atoms with Crippen molar-refractivity contribution in [1.82, 2.24) is 9.29 Å². The van der Waals surface area contributed by atoms with Gasteiger partial charge in [0.05, 0.1) is 10.4 Å². The first kappa shape index (κ1) is 24.9. The molecular formula is C31H26FN3O3S. The predicted molar refractivity (Wildman–Crippen MR) is 151 cm³/mol. The summed E-state index contributed by atoms with van der Waals surface area (Å²) in [5.41, 5.74) is 3.65. The Balaban J connectivity index is 1.21. The number of carbonyl (C=O) groups excluding carboxylic acids is 1. The number of amides is 1. The maximum absolute atomic E-state index is 13.7. The molecule has 0 unspecified atom stereocenters. The summed E-state index contributed by atoms with van der Waals surface area (Å²) in [6.07, 6.45) is 2.42. The van der Waals surface area contributed by atoms with Crippen LogP contribution in [0.5, 0.6) is 0 Å². The molecule has 1 saturated heterocycles. The smallest absolute Gasteiger partial charge is 0.268 e. The number of fused-ring (bicyclic) bond motifs is 1. The summed E-state index contributed by atoms with van der Waals surface area (Å²) in [5.74, 6) is -0.544. The third kappa shape index (κ3) is 4.79. The molecule has 1 atom stereocenters. The van der Waals surface area contributed by atoms with Gasteiger partial charge in [0.1, 0.15) is 5.82 Å². The van der Waals surface area contributed by atoms with Crippen molar-refractivity contribution in [3.05, 3.63) is 121 Å². The Hall–Kier alpha value is -4.43. The van der Waals surface area contributed by atoms with Crippen molar-refractivity contribution < 1.29 is 17.6 Å². The molecule has 0 spiro atoms. The molecule has 1 aromatic heterocycles. The summed E-state index contributed by atoms with van der Waals surface area (Å²) >= 11 is 0. The monoisotopic (exact) mass is 539 g/mol. The van der Waals surface area contributed by atoms with E-state index in [0.717, 1.165) is 35.2 Å². The quantitative estimate of drug-likeness (QED) is 0.301. The molecule has 8 heteroatoms. The van der Waals surface area contributed by atoms with Gasteiger partial charge in [-0.1, -0.05) is 48.5 Å². The third-order valence-electron chi connectivity index (χ3n) is 7.15. The molecule has 5 aromatic rings. The lowest BCUT2D eigenvalue weighted by molar-refractivity contribution is 0.0940. The van der Waals surface area contributed by atoms with Gasteiger partial charge in [0.15, 0.2) is 0 Å². The van der Waals surface area contributed by atoms with Gasteiger partial charge in [0.25, 0.3) is 15.9 Å². The Morgan fingerprint density at radius 2 is 1.54 bits per heavy atom. The number of nitrogens with zero attached hydrogens (tertiary/aromatic N) is 2. The molecule has 2 heterocycles. The van der Waals surface area contributed by atoms with Crippen molar-refractivity contribution in [2.24, 2.45) is 0 Å². The number of aromatic nitrogens is 1. The zero-order chi connectivity index (χ0) is 27.0. The number of anilines is 1. The van der Waals surface area contributed by atoms with Crippen LogP contribution in [-0.4, -0.2) is 37.4 Å². The molecule has 1 aliphatic rings. The summed E-state index contributed by atoms with van der Waals surface area (Å²) in [6.45, 7) is 1.37. The van der Waals surface area contributed by atoms with Crippen LogP contribution in [0.1, 0.15) is 16.8 Å². The van der Waals surface area contributed by atoms with E-state index in [2.05, 4.69) is 10.2 Å². The van der Waals surface area contributed by atoms with Gasteiger partial charge < -0.3 is 10.2 Å². The Bertz CT molecular complexity index is 1750. The molecular weight excluding hydrogens is 513 g/mol. The number of nitrogens with one attached hydrogen (secondary N) is 1. The van der Waals surface area contributed by atoms with E-state index in [9.17, 15) is 17.6 Å². The highest BCUT2D eigenvalue weighted by Crippen LogP contribution is 2.33. The van der Waals surface area contributed by atoms with E-state index in [1.54, 1.807) is 36.5 Å². The number of rotatable bonds is 6. The molecule has 0 saturated carbocycles. The number of hydrogen-bond donors (Lipinski definition) is 1. The Morgan fingerprint density at radius 1 is 0.846 bits per heavy atom. The van der Waals surface area contributed by atoms with Gasteiger partial charge in [0.2, 0.25) is 0 Å². The van der Waals surface area contributed by atoms with Gasteiger partial charge in [-0.2, -0.15) is 0 Å². The average molecular weight is 540 g/mol. The zero-order valence-corrected chi connectivity index (χ0v) is 21.8. The molecule has 0 radical (unpaired) electrons. The van der Waals surface area contributed by atoms with Crippen LogP contribution < -0.4 is 10.2 Å². The summed E-state index contributed by atoms with van der Waals surface area (Å²) in [7, 11) is -3.91. The Kier molecular flexibility index (Phi) is 6.40. The van der Waals surface area contributed by atoms with Crippen LogP contribution in [-0.2, 0) is 10.0 Å². The van der Waals surface area contributed by atoms with E-state index in [1.165, 1.54) is 28.2 Å². The topological polar surface area (TPSA) is 71.4 Å². The molecule has 1 aliphatic heterocycles. The molecule has 0 bridgehead atoms. The minimum absolute atomic E-state index is 0.0615. The van der Waals surface area contributed by atoms with Crippen molar-refractivity contribution >= 4 is 32.5 Å². The number of benzene rings is 4. The molecule has 4 aromatic carbocycles. The Labute approximate surface area is 226 Å². The van der Waals surface area contributed by atoms with E-state index in [-0.39, 0.29) is 22.7 Å². The first-order valence-electron chi connectivity index (χ1n) is 12.7. The molecule has 6 nitrogen and oxygen atoms in total. The lowest BCUT2D eigenvalue weighted by atomic mass is 10.1. The van der Waals surface area contributed by atoms with Crippen molar-refractivity contribution in [2.45, 2.75) is 17.4 Å². The van der Waals surface area contributed by atoms with Gasteiger partial charge in [-0.25, -0.2) is 16.8 Å². The highest BCUT2D eigenvalue weighted by atomic mass is 32.2. The SMILES string of the molecule is O=C(N[C@H]1CCN(c2ccc(F)cc2)C1)c1ccc(S(=O)(=O)n2cc(-c3ccccc3)c3ccccc32)cc1. The second-order valence-electron chi connectivity index (χ2n) is 9.63. The van der Waals surface area contributed by atoms with Gasteiger partial charge in [0, 0.05) is 47.5 Å². The van der Waals surface area contributed by atoms with Crippen LogP contribution in [0.25, 0.3) is 22.0 Å². The fourth-order valence-corrected chi connectivity index (χ4v) is 6.49. The van der Waals surface area contributed by atoms with Crippen LogP contribution >= 0.6 is 0 Å². The number of hydrogen-bond acceptors (Lipinski definition) is 4. The average Bonchev–Trinajstić information content (AvgIpc) is 3.59. The van der Waals surface area contributed by atoms with E-state index in [4.69, 9.17) is 0 Å². The van der Waals surface area contributed by atoms with Crippen molar-refractivity contribution in [3.8, 4) is 11.1 Å². The van der Waals surface area contributed by atoms with Gasteiger partial charge in [-0.3, -0.25) is 4.79 Å². The minimum Gasteiger partial charge on any atom is -0.369 e. The molecule has 196 valence electrons. The highest BCUT2D eigenvalue weighted by molar-refractivity contribution is 7.90. The molecule has 6 rings (SSSR count). The number of carbonyl (C=O) groups is 1. The van der Waals surface area contributed by atoms with E-state index >= 15 is 0 Å². The van der Waals surface area contributed by atoms with Crippen LogP contribution in [0.15, 0.2) is 114 Å². The van der Waals surface area contributed by atoms with E-state index in [1.807, 2.05) is 48.5 Å². The van der Waals surface area contributed by atoms with Crippen LogP contribution in [0, 0.1) is 5.82 Å². The maximum Gasteiger partial charge on any atom is 0.268 e. The van der Waals surface area contributed by atoms with Crippen LogP contribution in [0.2, 0.25) is 0 Å². The molecule has 39 heavy (non-hydrogen) atoms. The van der Waals surface area contributed by atoms with Crippen molar-refractivity contribution in [1.29, 1.82) is 0 Å². The first-order valence-corrected chi connectivity index (χ1v) is 14.2. The molecule has 1 N–H and O–H groups in total. The minimum atomic E-state index is -3.91. The Morgan fingerprint density at radius 3 is 2.28 bits per heavy atom. The molecule has 1 amide bonds. The number of para-hydroxylation sites is 1. The second-order valence-corrected chi connectivity index (χ2v) is 11.4. The van der Waals surface area contributed by atoms with Crippen LogP contribution in [0.3, 0.4) is 0 Å². The first-order chi connectivity index (χ1) is 18.9. The molecule has 0 aliphatic carbocycles. The lowest BCUT2D eigenvalue weighted by Gasteiger charge is -2.19. The normalized spacial score (nSPS) is 15.5. The van der Waals surface area contributed by atoms with Crippen molar-refractivity contribution in [2.75, 3.05) is 18.0 Å². The van der Waals surface area contributed by atoms with Gasteiger partial charge >= 0.3 is 0 Å². The lowest BCUT2D eigenvalue weighted by Crippen LogP contribution is -2.37. The fraction of sp³-hybridized carbons (Fsp3) is 0.129. The summed E-state index contributed by atoms with van der Waals surface area (Å²) in [4.78, 5) is 15.1. The van der Waals surface area contributed by atoms with E-state index in [0.29, 0.717) is 17.6 Å². The van der Waals surface area contributed by atoms with Crippen molar-refractivity contribution in [3.63, 3.8) is 0 Å². The largest absolute Gasteiger partial charge is 0.369 e. The standard InChI is InChI=1S/C31H26FN3O3S/c32-24-12-14-26(15-13-24)34-19-18-25(20-34)33-31(36)23-10-16-27(17-11-23)39(37,38)35-21-29(22-6-2-1-3-7-22)28-8-4-5-9-30(28)35/h1-17,21,25H,18-20H2,(H,33,36)/t25-/m0/s1. The fourth-order valence-electron chi connectivity index (χ4n) is 5.12. The van der Waals surface area contributed by atoms with E-state index < -0.39 is 10.0 Å². The summed E-state index contributed by atoms with van der Waals surface area (Å²) in [5, 5.41) is 3.87. The molecule has 1 fully saturated rings. The van der Waals surface area contributed by atoms with Crippen LogP contribution in [0.4, 0.5) is 10.1 Å². The third-order valence-corrected chi connectivity index (χ3v) is 8.84. The second kappa shape index (κ2) is 10.0. The predicted octanol–water partition coefficient (Wildman–Crippen LogP) is 5.69. The maximum atomic E-state index is 13.7. The zero-order valence-electron chi connectivity index (χ0n) is 21.0. The van der Waals surface area contributed by atoms with Gasteiger partial charge in [-0.15, -0.1) is 0 Å². The van der Waals surface area contributed by atoms with Gasteiger partial charge in [-0.05, 0) is 66.6 Å².